The smallest absolute Gasteiger partial charge is 0.306 e. The molecule has 0 aromatic carbocycles. The van der Waals surface area contributed by atoms with Crippen LogP contribution in [-0.2, 0) is 19.1 Å². The molecule has 38 heavy (non-hydrogen) atoms. The van der Waals surface area contributed by atoms with Gasteiger partial charge in [-0.25, -0.2) is 0 Å². The van der Waals surface area contributed by atoms with Crippen LogP contribution >= 0.6 is 0 Å². The summed E-state index contributed by atoms with van der Waals surface area (Å²) in [5, 5.41) is 14.3. The Kier molecular flexibility index (Phi) is 8.60. The molecule has 0 saturated heterocycles. The zero-order valence-corrected chi connectivity index (χ0v) is 25.1. The summed E-state index contributed by atoms with van der Waals surface area (Å²) in [4.78, 5) is 24.7. The molecule has 0 amide bonds. The van der Waals surface area contributed by atoms with E-state index in [2.05, 4.69) is 39.8 Å². The maximum Gasteiger partial charge on any atom is 0.306 e. The van der Waals surface area contributed by atoms with E-state index in [0.29, 0.717) is 41.7 Å². The Balaban J connectivity index is 1.64. The lowest BCUT2D eigenvalue weighted by Crippen LogP contribution is -2.68. The van der Waals surface area contributed by atoms with Gasteiger partial charge in [-0.2, -0.15) is 0 Å². The van der Waals surface area contributed by atoms with Crippen molar-refractivity contribution in [3.63, 3.8) is 0 Å². The van der Waals surface area contributed by atoms with E-state index in [0.717, 1.165) is 37.0 Å². The number of oxime groups is 1. The first-order chi connectivity index (χ1) is 17.9. The summed E-state index contributed by atoms with van der Waals surface area (Å²) in [5.41, 5.74) is -0.465. The molecule has 0 spiro atoms. The molecule has 0 aliphatic heterocycles. The van der Waals surface area contributed by atoms with Gasteiger partial charge in [-0.15, -0.1) is 0 Å². The van der Waals surface area contributed by atoms with Crippen molar-refractivity contribution in [2.75, 3.05) is 0 Å². The molecule has 4 rings (SSSR count). The van der Waals surface area contributed by atoms with Crippen LogP contribution in [0, 0.1) is 46.3 Å². The lowest BCUT2D eigenvalue weighted by Gasteiger charge is -2.64. The fourth-order valence-corrected chi connectivity index (χ4v) is 9.97. The minimum Gasteiger partial charge on any atom is -0.462 e. The molecule has 9 atom stereocenters. The lowest BCUT2D eigenvalue weighted by atomic mass is 9.42. The monoisotopic (exact) mass is 531 g/mol. The lowest BCUT2D eigenvalue weighted by molar-refractivity contribution is -0.205. The third kappa shape index (κ3) is 4.91. The van der Waals surface area contributed by atoms with Crippen LogP contribution in [0.15, 0.2) is 5.16 Å². The van der Waals surface area contributed by atoms with Crippen LogP contribution in [0.3, 0.4) is 0 Å². The molecular weight excluding hydrogens is 478 g/mol. The number of hydrogen-bond donors (Lipinski definition) is 1. The van der Waals surface area contributed by atoms with E-state index in [1.807, 2.05) is 0 Å². The third-order valence-electron chi connectivity index (χ3n) is 11.8. The van der Waals surface area contributed by atoms with Crippen LogP contribution in [0.5, 0.6) is 0 Å². The Morgan fingerprint density at radius 3 is 2.42 bits per heavy atom. The van der Waals surface area contributed by atoms with Gasteiger partial charge in [0, 0.05) is 25.2 Å². The Bertz CT molecular complexity index is 916. The van der Waals surface area contributed by atoms with Gasteiger partial charge >= 0.3 is 11.9 Å². The Hall–Kier alpha value is -1.59. The van der Waals surface area contributed by atoms with Crippen molar-refractivity contribution >= 4 is 17.7 Å². The molecular formula is C32H53NO5. The van der Waals surface area contributed by atoms with Gasteiger partial charge in [0.15, 0.2) is 5.60 Å². The summed E-state index contributed by atoms with van der Waals surface area (Å²) in [5.74, 6) is 3.05. The van der Waals surface area contributed by atoms with Gasteiger partial charge in [0.1, 0.15) is 11.8 Å². The van der Waals surface area contributed by atoms with E-state index in [1.54, 1.807) is 6.92 Å². The van der Waals surface area contributed by atoms with Gasteiger partial charge in [0.25, 0.3) is 0 Å². The third-order valence-corrected chi connectivity index (χ3v) is 11.8. The molecule has 4 fully saturated rings. The molecule has 6 heteroatoms. The van der Waals surface area contributed by atoms with Crippen molar-refractivity contribution in [2.24, 2.45) is 51.5 Å². The van der Waals surface area contributed by atoms with E-state index in [9.17, 15) is 14.8 Å². The molecule has 4 aliphatic carbocycles. The summed E-state index contributed by atoms with van der Waals surface area (Å²) in [6.45, 7) is 15.2. The standard InChI is InChI=1S/C32H53NO5/c1-8-29(35)38-32-19-23(37-22(5)34)14-17-31(32,7)27-15-16-30(6)25(21(4)11-9-10-20(2)3)12-13-26(30)24(27)18-28(32)33-36/h20-21,23-27,36H,8-19H2,1-7H3/b33-28+/t21-,23+,24+,25-,26+,27+,30-,31-,32+/m1/s1. The van der Waals surface area contributed by atoms with Crippen LogP contribution < -0.4 is 0 Å². The maximum absolute atomic E-state index is 12.8. The average Bonchev–Trinajstić information content (AvgIpc) is 3.21. The van der Waals surface area contributed by atoms with Gasteiger partial charge in [-0.05, 0) is 85.9 Å². The number of hydrogen-bond acceptors (Lipinski definition) is 6. The van der Waals surface area contributed by atoms with Crippen molar-refractivity contribution in [1.29, 1.82) is 0 Å². The molecule has 0 aromatic heterocycles. The molecule has 6 nitrogen and oxygen atoms in total. The average molecular weight is 532 g/mol. The minimum atomic E-state index is -1.02. The molecule has 0 radical (unpaired) electrons. The van der Waals surface area contributed by atoms with Gasteiger partial charge in [0.2, 0.25) is 0 Å². The van der Waals surface area contributed by atoms with E-state index in [-0.39, 0.29) is 29.9 Å². The largest absolute Gasteiger partial charge is 0.462 e. The predicted molar refractivity (Wildman–Crippen MR) is 149 cm³/mol. The van der Waals surface area contributed by atoms with Crippen LogP contribution in [0.25, 0.3) is 0 Å². The molecule has 4 aliphatic rings. The second-order valence-corrected chi connectivity index (χ2v) is 14.2. The first-order valence-electron chi connectivity index (χ1n) is 15.5. The van der Waals surface area contributed by atoms with E-state index >= 15 is 0 Å². The normalized spacial score (nSPS) is 42.2. The first-order valence-corrected chi connectivity index (χ1v) is 15.5. The number of esters is 2. The van der Waals surface area contributed by atoms with Crippen molar-refractivity contribution < 1.29 is 24.3 Å². The maximum atomic E-state index is 12.8. The molecule has 0 unspecified atom stereocenters. The molecule has 1 N–H and O–H groups in total. The number of fused-ring (bicyclic) bond motifs is 5. The summed E-state index contributed by atoms with van der Waals surface area (Å²) < 4.78 is 12.0. The Labute approximate surface area is 230 Å². The Morgan fingerprint density at radius 1 is 1.05 bits per heavy atom. The number of ether oxygens (including phenoxy) is 2. The fourth-order valence-electron chi connectivity index (χ4n) is 9.97. The van der Waals surface area contributed by atoms with Gasteiger partial charge in [0.05, 0.1) is 0 Å². The van der Waals surface area contributed by atoms with Crippen molar-refractivity contribution in [3.05, 3.63) is 0 Å². The van der Waals surface area contributed by atoms with E-state index in [4.69, 9.17) is 9.47 Å². The van der Waals surface area contributed by atoms with Crippen molar-refractivity contribution in [2.45, 2.75) is 137 Å². The minimum absolute atomic E-state index is 0.264. The number of nitrogens with zero attached hydrogens (tertiary/aromatic N) is 1. The molecule has 0 bridgehead atoms. The van der Waals surface area contributed by atoms with Crippen LogP contribution in [-0.4, -0.2) is 34.6 Å². The van der Waals surface area contributed by atoms with Crippen molar-refractivity contribution in [3.8, 4) is 0 Å². The Morgan fingerprint density at radius 2 is 1.79 bits per heavy atom. The van der Waals surface area contributed by atoms with E-state index in [1.165, 1.54) is 45.4 Å². The summed E-state index contributed by atoms with van der Waals surface area (Å²) in [6, 6.07) is 0. The molecule has 0 aromatic rings. The highest BCUT2D eigenvalue weighted by molar-refractivity contribution is 5.96. The number of rotatable bonds is 8. The highest BCUT2D eigenvalue weighted by Crippen LogP contribution is 2.69. The second kappa shape index (κ2) is 11.1. The molecule has 0 heterocycles. The molecule has 4 saturated carbocycles. The van der Waals surface area contributed by atoms with Crippen molar-refractivity contribution in [1.82, 2.24) is 0 Å². The fraction of sp³-hybridized carbons (Fsp3) is 0.906. The van der Waals surface area contributed by atoms with Gasteiger partial charge in [-0.1, -0.05) is 66.0 Å². The second-order valence-electron chi connectivity index (χ2n) is 14.2. The summed E-state index contributed by atoms with van der Waals surface area (Å²) >= 11 is 0. The predicted octanol–water partition coefficient (Wildman–Crippen LogP) is 7.56. The van der Waals surface area contributed by atoms with E-state index < -0.39 is 5.60 Å². The van der Waals surface area contributed by atoms with Crippen LogP contribution in [0.1, 0.15) is 126 Å². The van der Waals surface area contributed by atoms with Crippen LogP contribution in [0.4, 0.5) is 0 Å². The van der Waals surface area contributed by atoms with Gasteiger partial charge < -0.3 is 14.7 Å². The SMILES string of the molecule is CCC(=O)O[C@]12C[C@@H](OC(C)=O)CC[C@]1(C)[C@H]1CC[C@]3(C)[C@@H]([C@H](C)CCCC(C)C)CC[C@H]3[C@@H]1C/C2=N\O. The zero-order valence-electron chi connectivity index (χ0n) is 25.1. The number of carbonyl (C=O) groups is 2. The quantitative estimate of drug-likeness (QED) is 0.198. The highest BCUT2D eigenvalue weighted by atomic mass is 16.6. The molecule has 216 valence electrons. The summed E-state index contributed by atoms with van der Waals surface area (Å²) in [6.07, 6.45) is 11.3. The highest BCUT2D eigenvalue weighted by Gasteiger charge is 2.69. The van der Waals surface area contributed by atoms with Gasteiger partial charge in [-0.3, -0.25) is 9.59 Å². The van der Waals surface area contributed by atoms with Crippen LogP contribution in [0.2, 0.25) is 0 Å². The first kappa shape index (κ1) is 29.4. The topological polar surface area (TPSA) is 85.2 Å². The zero-order chi connectivity index (χ0) is 27.9. The summed E-state index contributed by atoms with van der Waals surface area (Å²) in [7, 11) is 0. The number of carbonyl (C=O) groups excluding carboxylic acids is 2.